The standard InChI is InChI=1S/C15H13BrN2O3/c1-9-3-2-4-11(7-9)17-15(21)18-13-8-10(14(19)20)5-6-12(13)16/h2-8H,1H3,(H,19,20)(H2,17,18,21). The van der Waals surface area contributed by atoms with E-state index in [1.165, 1.54) is 12.1 Å². The maximum atomic E-state index is 11.9. The van der Waals surface area contributed by atoms with Gasteiger partial charge in [-0.1, -0.05) is 12.1 Å². The summed E-state index contributed by atoms with van der Waals surface area (Å²) in [5.41, 5.74) is 2.18. The number of carbonyl (C=O) groups excluding carboxylic acids is 1. The average Bonchev–Trinajstić information content (AvgIpc) is 2.41. The van der Waals surface area contributed by atoms with E-state index >= 15 is 0 Å². The third-order valence-corrected chi connectivity index (χ3v) is 3.43. The van der Waals surface area contributed by atoms with Gasteiger partial charge in [0, 0.05) is 10.2 Å². The lowest BCUT2D eigenvalue weighted by molar-refractivity contribution is 0.0697. The van der Waals surface area contributed by atoms with Crippen molar-refractivity contribution in [3.8, 4) is 0 Å². The van der Waals surface area contributed by atoms with Gasteiger partial charge < -0.3 is 15.7 Å². The predicted octanol–water partition coefficient (Wildman–Crippen LogP) is 4.10. The fourth-order valence-electron chi connectivity index (χ4n) is 1.76. The number of aryl methyl sites for hydroxylation is 1. The molecule has 0 aromatic heterocycles. The van der Waals surface area contributed by atoms with Crippen molar-refractivity contribution in [3.63, 3.8) is 0 Å². The predicted molar refractivity (Wildman–Crippen MR) is 84.9 cm³/mol. The highest BCUT2D eigenvalue weighted by atomic mass is 79.9. The topological polar surface area (TPSA) is 78.4 Å². The van der Waals surface area contributed by atoms with Gasteiger partial charge in [0.05, 0.1) is 11.3 Å². The molecule has 2 aromatic rings. The van der Waals surface area contributed by atoms with Crippen LogP contribution < -0.4 is 10.6 Å². The second kappa shape index (κ2) is 6.41. The number of urea groups is 1. The molecule has 2 amide bonds. The summed E-state index contributed by atoms with van der Waals surface area (Å²) >= 11 is 3.27. The van der Waals surface area contributed by atoms with Crippen LogP contribution in [0.5, 0.6) is 0 Å². The van der Waals surface area contributed by atoms with E-state index in [0.717, 1.165) is 5.56 Å². The molecule has 0 aliphatic carbocycles. The summed E-state index contributed by atoms with van der Waals surface area (Å²) in [6, 6.07) is 11.4. The van der Waals surface area contributed by atoms with Gasteiger partial charge in [-0.15, -0.1) is 0 Å². The quantitative estimate of drug-likeness (QED) is 0.781. The van der Waals surface area contributed by atoms with E-state index in [4.69, 9.17) is 5.11 Å². The Kier molecular flexibility index (Phi) is 4.59. The Morgan fingerprint density at radius 1 is 1.10 bits per heavy atom. The number of nitrogens with one attached hydrogen (secondary N) is 2. The Hall–Kier alpha value is -2.34. The minimum absolute atomic E-state index is 0.101. The lowest BCUT2D eigenvalue weighted by atomic mass is 10.2. The van der Waals surface area contributed by atoms with Crippen LogP contribution in [0, 0.1) is 6.92 Å². The van der Waals surface area contributed by atoms with E-state index in [2.05, 4.69) is 26.6 Å². The molecule has 2 rings (SSSR count). The zero-order valence-electron chi connectivity index (χ0n) is 11.2. The summed E-state index contributed by atoms with van der Waals surface area (Å²) in [6.07, 6.45) is 0. The third kappa shape index (κ3) is 4.06. The Morgan fingerprint density at radius 2 is 1.86 bits per heavy atom. The summed E-state index contributed by atoms with van der Waals surface area (Å²) in [7, 11) is 0. The van der Waals surface area contributed by atoms with Crippen LogP contribution in [0.4, 0.5) is 16.2 Å². The van der Waals surface area contributed by atoms with Gasteiger partial charge in [0.25, 0.3) is 0 Å². The fraction of sp³-hybridized carbons (Fsp3) is 0.0667. The van der Waals surface area contributed by atoms with E-state index in [1.807, 2.05) is 25.1 Å². The second-order valence-electron chi connectivity index (χ2n) is 4.45. The number of carboxylic acids is 1. The highest BCUT2D eigenvalue weighted by molar-refractivity contribution is 9.10. The van der Waals surface area contributed by atoms with E-state index in [1.54, 1.807) is 12.1 Å². The first-order chi connectivity index (χ1) is 9.95. The third-order valence-electron chi connectivity index (χ3n) is 2.74. The van der Waals surface area contributed by atoms with Crippen LogP contribution in [-0.2, 0) is 0 Å². The lowest BCUT2D eigenvalue weighted by Crippen LogP contribution is -2.20. The van der Waals surface area contributed by atoms with Crippen molar-refractivity contribution >= 4 is 39.3 Å². The summed E-state index contributed by atoms with van der Waals surface area (Å²) in [4.78, 5) is 22.9. The van der Waals surface area contributed by atoms with Gasteiger partial charge in [-0.3, -0.25) is 0 Å². The molecule has 0 atom stereocenters. The summed E-state index contributed by atoms with van der Waals surface area (Å²) in [5.74, 6) is -1.05. The van der Waals surface area contributed by atoms with Crippen LogP contribution >= 0.6 is 15.9 Å². The van der Waals surface area contributed by atoms with E-state index in [-0.39, 0.29) is 5.56 Å². The number of hydrogen-bond acceptors (Lipinski definition) is 2. The number of carbonyl (C=O) groups is 2. The monoisotopic (exact) mass is 348 g/mol. The van der Waals surface area contributed by atoms with Crippen LogP contribution in [0.1, 0.15) is 15.9 Å². The number of halogens is 1. The Labute approximate surface area is 130 Å². The normalized spacial score (nSPS) is 10.0. The molecule has 108 valence electrons. The molecule has 0 bridgehead atoms. The van der Waals surface area contributed by atoms with Crippen molar-refractivity contribution in [3.05, 3.63) is 58.1 Å². The van der Waals surface area contributed by atoms with Gasteiger partial charge in [0.1, 0.15) is 0 Å². The number of carboxylic acid groups (broad SMARTS) is 1. The van der Waals surface area contributed by atoms with Crippen LogP contribution in [-0.4, -0.2) is 17.1 Å². The number of aromatic carboxylic acids is 1. The highest BCUT2D eigenvalue weighted by Gasteiger charge is 2.10. The molecule has 0 saturated heterocycles. The molecular weight excluding hydrogens is 336 g/mol. The minimum atomic E-state index is -1.05. The Balaban J connectivity index is 2.12. The fourth-order valence-corrected chi connectivity index (χ4v) is 2.11. The van der Waals surface area contributed by atoms with Crippen molar-refractivity contribution in [2.24, 2.45) is 0 Å². The maximum absolute atomic E-state index is 11.9. The van der Waals surface area contributed by atoms with Gasteiger partial charge in [-0.05, 0) is 58.7 Å². The second-order valence-corrected chi connectivity index (χ2v) is 5.30. The number of anilines is 2. The van der Waals surface area contributed by atoms with Crippen LogP contribution in [0.2, 0.25) is 0 Å². The van der Waals surface area contributed by atoms with Gasteiger partial charge in [0.15, 0.2) is 0 Å². The molecule has 0 aliphatic heterocycles. The zero-order valence-corrected chi connectivity index (χ0v) is 12.8. The first-order valence-corrected chi connectivity index (χ1v) is 6.92. The molecule has 0 radical (unpaired) electrons. The molecule has 0 unspecified atom stereocenters. The molecular formula is C15H13BrN2O3. The molecule has 21 heavy (non-hydrogen) atoms. The SMILES string of the molecule is Cc1cccc(NC(=O)Nc2cc(C(=O)O)ccc2Br)c1. The van der Waals surface area contributed by atoms with Gasteiger partial charge >= 0.3 is 12.0 Å². The molecule has 0 spiro atoms. The Bertz CT molecular complexity index is 701. The van der Waals surface area contributed by atoms with Crippen molar-refractivity contribution in [1.82, 2.24) is 0 Å². The number of rotatable bonds is 3. The van der Waals surface area contributed by atoms with Gasteiger partial charge in [0.2, 0.25) is 0 Å². The molecule has 3 N–H and O–H groups in total. The molecule has 2 aromatic carbocycles. The smallest absolute Gasteiger partial charge is 0.335 e. The first kappa shape index (κ1) is 15.1. The maximum Gasteiger partial charge on any atom is 0.335 e. The Morgan fingerprint density at radius 3 is 2.52 bits per heavy atom. The average molecular weight is 349 g/mol. The molecule has 0 heterocycles. The van der Waals surface area contributed by atoms with E-state index in [0.29, 0.717) is 15.8 Å². The minimum Gasteiger partial charge on any atom is -0.478 e. The largest absolute Gasteiger partial charge is 0.478 e. The first-order valence-electron chi connectivity index (χ1n) is 6.13. The number of amides is 2. The molecule has 0 saturated carbocycles. The van der Waals surface area contributed by atoms with Gasteiger partial charge in [-0.25, -0.2) is 9.59 Å². The summed E-state index contributed by atoms with van der Waals surface area (Å²) in [5, 5.41) is 14.3. The van der Waals surface area contributed by atoms with E-state index in [9.17, 15) is 9.59 Å². The summed E-state index contributed by atoms with van der Waals surface area (Å²) < 4.78 is 0.604. The van der Waals surface area contributed by atoms with Crippen molar-refractivity contribution in [1.29, 1.82) is 0 Å². The van der Waals surface area contributed by atoms with Crippen LogP contribution in [0.3, 0.4) is 0 Å². The zero-order chi connectivity index (χ0) is 15.4. The molecule has 0 fully saturated rings. The molecule has 5 nitrogen and oxygen atoms in total. The lowest BCUT2D eigenvalue weighted by Gasteiger charge is -2.10. The molecule has 6 heteroatoms. The summed E-state index contributed by atoms with van der Waals surface area (Å²) in [6.45, 7) is 1.93. The van der Waals surface area contributed by atoms with Crippen molar-refractivity contribution in [2.75, 3.05) is 10.6 Å². The van der Waals surface area contributed by atoms with Gasteiger partial charge in [-0.2, -0.15) is 0 Å². The van der Waals surface area contributed by atoms with Crippen LogP contribution in [0.15, 0.2) is 46.9 Å². The number of benzene rings is 2. The number of hydrogen-bond donors (Lipinski definition) is 3. The van der Waals surface area contributed by atoms with Crippen molar-refractivity contribution < 1.29 is 14.7 Å². The van der Waals surface area contributed by atoms with E-state index < -0.39 is 12.0 Å². The molecule has 0 aliphatic rings. The van der Waals surface area contributed by atoms with Crippen LogP contribution in [0.25, 0.3) is 0 Å². The van der Waals surface area contributed by atoms with Crippen molar-refractivity contribution in [2.45, 2.75) is 6.92 Å². The highest BCUT2D eigenvalue weighted by Crippen LogP contribution is 2.24.